The average Bonchev–Trinajstić information content (AvgIpc) is 2.97. The predicted molar refractivity (Wildman–Crippen MR) is 87.3 cm³/mol. The molecule has 0 aromatic heterocycles. The fourth-order valence-electron chi connectivity index (χ4n) is 4.03. The van der Waals surface area contributed by atoms with Gasteiger partial charge >= 0.3 is 0 Å². The SMILES string of the molecule is O=C(N[C@H]1CCC[C@H]1Cc1ccc(F)cc1)C1CCC(O)CC1. The Morgan fingerprint density at radius 3 is 2.48 bits per heavy atom. The molecule has 2 saturated carbocycles. The average molecular weight is 319 g/mol. The molecule has 0 aliphatic heterocycles. The van der Waals surface area contributed by atoms with Gasteiger partial charge in [0.2, 0.25) is 5.91 Å². The zero-order valence-electron chi connectivity index (χ0n) is 13.5. The summed E-state index contributed by atoms with van der Waals surface area (Å²) in [5, 5.41) is 12.8. The summed E-state index contributed by atoms with van der Waals surface area (Å²) in [7, 11) is 0. The molecule has 4 heteroatoms. The zero-order chi connectivity index (χ0) is 16.2. The molecule has 0 spiro atoms. The van der Waals surface area contributed by atoms with Crippen LogP contribution in [0, 0.1) is 17.7 Å². The second-order valence-corrected chi connectivity index (χ2v) is 7.14. The highest BCUT2D eigenvalue weighted by atomic mass is 19.1. The van der Waals surface area contributed by atoms with Crippen molar-refractivity contribution in [1.29, 1.82) is 0 Å². The normalized spacial score (nSPS) is 31.0. The number of halogens is 1. The Bertz CT molecular complexity index is 523. The summed E-state index contributed by atoms with van der Waals surface area (Å²) in [5.41, 5.74) is 1.14. The number of hydrogen-bond acceptors (Lipinski definition) is 2. The Balaban J connectivity index is 1.54. The summed E-state index contributed by atoms with van der Waals surface area (Å²) in [4.78, 5) is 12.5. The second-order valence-electron chi connectivity index (χ2n) is 7.14. The van der Waals surface area contributed by atoms with Gasteiger partial charge in [-0.2, -0.15) is 0 Å². The van der Waals surface area contributed by atoms with E-state index >= 15 is 0 Å². The molecule has 0 bridgehead atoms. The van der Waals surface area contributed by atoms with E-state index in [1.54, 1.807) is 0 Å². The van der Waals surface area contributed by atoms with E-state index in [-0.39, 0.29) is 29.8 Å². The van der Waals surface area contributed by atoms with E-state index < -0.39 is 0 Å². The fraction of sp³-hybridized carbons (Fsp3) is 0.632. The number of aliphatic hydroxyl groups is 1. The van der Waals surface area contributed by atoms with Crippen LogP contribution in [0.3, 0.4) is 0 Å². The Morgan fingerprint density at radius 1 is 1.09 bits per heavy atom. The Hall–Kier alpha value is -1.42. The standard InChI is InChI=1S/C19H26FNO2/c20-16-8-4-13(5-9-16)12-15-2-1-3-18(15)21-19(23)14-6-10-17(22)11-7-14/h4-5,8-9,14-15,17-18,22H,1-3,6-7,10-12H2,(H,21,23)/t14?,15-,17?,18-/m0/s1. The minimum atomic E-state index is -0.225. The van der Waals surface area contributed by atoms with Gasteiger partial charge in [-0.1, -0.05) is 18.6 Å². The number of carbonyl (C=O) groups excluding carboxylic acids is 1. The number of rotatable bonds is 4. The number of hydrogen-bond donors (Lipinski definition) is 2. The van der Waals surface area contributed by atoms with Gasteiger partial charge in [0.1, 0.15) is 5.82 Å². The maximum atomic E-state index is 13.0. The van der Waals surface area contributed by atoms with Gasteiger partial charge in [-0.3, -0.25) is 4.79 Å². The van der Waals surface area contributed by atoms with Gasteiger partial charge in [0, 0.05) is 12.0 Å². The molecule has 0 unspecified atom stereocenters. The molecule has 3 rings (SSSR count). The lowest BCUT2D eigenvalue weighted by atomic mass is 9.86. The quantitative estimate of drug-likeness (QED) is 0.895. The molecule has 2 N–H and O–H groups in total. The first kappa shape index (κ1) is 16.4. The third kappa shape index (κ3) is 4.31. The maximum absolute atomic E-state index is 13.0. The lowest BCUT2D eigenvalue weighted by Gasteiger charge is -2.28. The van der Waals surface area contributed by atoms with Crippen LogP contribution in [0.2, 0.25) is 0 Å². The molecule has 1 amide bonds. The van der Waals surface area contributed by atoms with Gasteiger partial charge < -0.3 is 10.4 Å². The highest BCUT2D eigenvalue weighted by Crippen LogP contribution is 2.30. The van der Waals surface area contributed by atoms with E-state index in [4.69, 9.17) is 0 Å². The van der Waals surface area contributed by atoms with Crippen molar-refractivity contribution in [2.24, 2.45) is 11.8 Å². The van der Waals surface area contributed by atoms with Crippen molar-refractivity contribution < 1.29 is 14.3 Å². The van der Waals surface area contributed by atoms with Crippen LogP contribution in [0.1, 0.15) is 50.5 Å². The zero-order valence-corrected chi connectivity index (χ0v) is 13.5. The van der Waals surface area contributed by atoms with Crippen molar-refractivity contribution in [3.8, 4) is 0 Å². The first-order chi connectivity index (χ1) is 11.1. The molecule has 2 aliphatic carbocycles. The van der Waals surface area contributed by atoms with Crippen LogP contribution in [0.15, 0.2) is 24.3 Å². The molecular weight excluding hydrogens is 293 g/mol. The van der Waals surface area contributed by atoms with Gasteiger partial charge in [0.25, 0.3) is 0 Å². The van der Waals surface area contributed by atoms with E-state index in [0.717, 1.165) is 56.9 Å². The monoisotopic (exact) mass is 319 g/mol. The smallest absolute Gasteiger partial charge is 0.223 e. The second kappa shape index (κ2) is 7.43. The van der Waals surface area contributed by atoms with Crippen LogP contribution in [0.25, 0.3) is 0 Å². The Labute approximate surface area is 137 Å². The van der Waals surface area contributed by atoms with E-state index in [1.165, 1.54) is 12.1 Å². The summed E-state index contributed by atoms with van der Waals surface area (Å²) in [5.74, 6) is 0.460. The van der Waals surface area contributed by atoms with Gasteiger partial charge in [0.05, 0.1) is 6.10 Å². The minimum Gasteiger partial charge on any atom is -0.393 e. The molecular formula is C19H26FNO2. The van der Waals surface area contributed by atoms with Gasteiger partial charge in [-0.25, -0.2) is 4.39 Å². The molecule has 2 fully saturated rings. The van der Waals surface area contributed by atoms with E-state index in [2.05, 4.69) is 5.32 Å². The lowest BCUT2D eigenvalue weighted by Crippen LogP contribution is -2.42. The third-order valence-corrected chi connectivity index (χ3v) is 5.47. The van der Waals surface area contributed by atoms with Crippen molar-refractivity contribution in [3.05, 3.63) is 35.6 Å². The lowest BCUT2D eigenvalue weighted by molar-refractivity contribution is -0.127. The van der Waals surface area contributed by atoms with Gasteiger partial charge in [-0.15, -0.1) is 0 Å². The van der Waals surface area contributed by atoms with Crippen molar-refractivity contribution in [3.63, 3.8) is 0 Å². The van der Waals surface area contributed by atoms with E-state index in [1.807, 2.05) is 12.1 Å². The van der Waals surface area contributed by atoms with Crippen molar-refractivity contribution in [1.82, 2.24) is 5.32 Å². The van der Waals surface area contributed by atoms with Crippen LogP contribution < -0.4 is 5.32 Å². The number of amides is 1. The number of carbonyl (C=O) groups is 1. The Kier molecular flexibility index (Phi) is 5.31. The molecule has 2 atom stereocenters. The molecule has 126 valence electrons. The fourth-order valence-corrected chi connectivity index (χ4v) is 4.03. The summed E-state index contributed by atoms with van der Waals surface area (Å²) < 4.78 is 13.0. The van der Waals surface area contributed by atoms with Crippen LogP contribution in [0.4, 0.5) is 4.39 Å². The topological polar surface area (TPSA) is 49.3 Å². The van der Waals surface area contributed by atoms with Crippen LogP contribution in [-0.2, 0) is 11.2 Å². The van der Waals surface area contributed by atoms with Crippen LogP contribution in [0.5, 0.6) is 0 Å². The predicted octanol–water partition coefficient (Wildman–Crippen LogP) is 3.20. The van der Waals surface area contributed by atoms with E-state index in [9.17, 15) is 14.3 Å². The third-order valence-electron chi connectivity index (χ3n) is 5.47. The van der Waals surface area contributed by atoms with Gasteiger partial charge in [0.15, 0.2) is 0 Å². The minimum absolute atomic E-state index is 0.0606. The van der Waals surface area contributed by atoms with Crippen molar-refractivity contribution >= 4 is 5.91 Å². The molecule has 23 heavy (non-hydrogen) atoms. The molecule has 2 aliphatic rings. The molecule has 0 saturated heterocycles. The molecule has 0 radical (unpaired) electrons. The summed E-state index contributed by atoms with van der Waals surface area (Å²) >= 11 is 0. The highest BCUT2D eigenvalue weighted by molar-refractivity contribution is 5.79. The largest absolute Gasteiger partial charge is 0.393 e. The van der Waals surface area contributed by atoms with E-state index in [0.29, 0.717) is 5.92 Å². The molecule has 1 aromatic rings. The number of aliphatic hydroxyl groups excluding tert-OH is 1. The van der Waals surface area contributed by atoms with Crippen LogP contribution in [-0.4, -0.2) is 23.2 Å². The summed E-state index contributed by atoms with van der Waals surface area (Å²) in [6.07, 6.45) is 7.03. The summed E-state index contributed by atoms with van der Waals surface area (Å²) in [6.45, 7) is 0. The highest BCUT2D eigenvalue weighted by Gasteiger charge is 2.32. The van der Waals surface area contributed by atoms with Crippen molar-refractivity contribution in [2.45, 2.75) is 63.5 Å². The molecule has 1 aromatic carbocycles. The summed E-state index contributed by atoms with van der Waals surface area (Å²) in [6, 6.07) is 6.93. The van der Waals surface area contributed by atoms with Gasteiger partial charge in [-0.05, 0) is 68.6 Å². The Morgan fingerprint density at radius 2 is 1.78 bits per heavy atom. The molecule has 3 nitrogen and oxygen atoms in total. The first-order valence-electron chi connectivity index (χ1n) is 8.84. The first-order valence-corrected chi connectivity index (χ1v) is 8.84. The number of nitrogens with one attached hydrogen (secondary N) is 1. The van der Waals surface area contributed by atoms with Crippen LogP contribution >= 0.6 is 0 Å². The maximum Gasteiger partial charge on any atom is 0.223 e. The molecule has 0 heterocycles. The van der Waals surface area contributed by atoms with Crippen molar-refractivity contribution in [2.75, 3.05) is 0 Å². The number of benzene rings is 1.